The molecular formula is C33H27Cl2N3O4. The van der Waals surface area contributed by atoms with Crippen LogP contribution >= 0.6 is 23.2 Å². The third-order valence-electron chi connectivity index (χ3n) is 6.55. The van der Waals surface area contributed by atoms with Crippen molar-refractivity contribution in [1.29, 1.82) is 0 Å². The number of carbonyl (C=O) groups is 2. The molecule has 0 aliphatic heterocycles. The van der Waals surface area contributed by atoms with Crippen molar-refractivity contribution in [2.75, 3.05) is 6.61 Å². The molecule has 0 saturated heterocycles. The van der Waals surface area contributed by atoms with Crippen LogP contribution in [-0.2, 0) is 0 Å². The summed E-state index contributed by atoms with van der Waals surface area (Å²) in [5.74, 6) is -0.351. The molecule has 7 nitrogen and oxygen atoms in total. The minimum Gasteiger partial charge on any atom is -0.490 e. The summed E-state index contributed by atoms with van der Waals surface area (Å²) >= 11 is 12.5. The molecule has 4 aromatic carbocycles. The van der Waals surface area contributed by atoms with Crippen molar-refractivity contribution in [3.05, 3.63) is 117 Å². The standard InChI is InChI=1S/C33H27Cl2N3O4/c1-4-41-28-17-21(9-14-27(28)42-33(40)22-10-12-23(34)13-11-22)18-36-38-32(39)31-29(24-7-5-6-8-26(24)35)25-16-19(2)15-20(3)30(25)37-31/h5-18,37H,4H2,1-3H3,(H,38,39). The molecule has 42 heavy (non-hydrogen) atoms. The molecule has 5 aromatic rings. The number of fused-ring (bicyclic) bond motifs is 1. The summed E-state index contributed by atoms with van der Waals surface area (Å²) in [6, 6.07) is 22.9. The Balaban J connectivity index is 1.39. The van der Waals surface area contributed by atoms with Gasteiger partial charge in [-0.2, -0.15) is 5.10 Å². The first-order valence-corrected chi connectivity index (χ1v) is 14.0. The van der Waals surface area contributed by atoms with E-state index in [0.29, 0.717) is 44.8 Å². The second kappa shape index (κ2) is 12.5. The lowest BCUT2D eigenvalue weighted by atomic mass is 9.99. The van der Waals surface area contributed by atoms with E-state index in [1.807, 2.05) is 45.0 Å². The second-order valence-corrected chi connectivity index (χ2v) is 10.4. The summed E-state index contributed by atoms with van der Waals surface area (Å²) in [7, 11) is 0. The number of hydrogen-bond acceptors (Lipinski definition) is 5. The number of nitrogens with zero attached hydrogens (tertiary/aromatic N) is 1. The fourth-order valence-corrected chi connectivity index (χ4v) is 5.05. The van der Waals surface area contributed by atoms with Gasteiger partial charge in [0.15, 0.2) is 11.5 Å². The fourth-order valence-electron chi connectivity index (χ4n) is 4.69. The Bertz CT molecular complexity index is 1830. The lowest BCUT2D eigenvalue weighted by molar-refractivity contribution is 0.0728. The van der Waals surface area contributed by atoms with E-state index in [0.717, 1.165) is 27.6 Å². The van der Waals surface area contributed by atoms with Gasteiger partial charge in [-0.15, -0.1) is 0 Å². The predicted octanol–water partition coefficient (Wildman–Crippen LogP) is 8.14. The molecule has 2 N–H and O–H groups in total. The number of esters is 1. The lowest BCUT2D eigenvalue weighted by Gasteiger charge is -2.11. The number of aryl methyl sites for hydroxylation is 2. The van der Waals surface area contributed by atoms with E-state index >= 15 is 0 Å². The van der Waals surface area contributed by atoms with Crippen molar-refractivity contribution in [3.63, 3.8) is 0 Å². The molecule has 0 spiro atoms. The fraction of sp³-hybridized carbons (Fsp3) is 0.121. The highest BCUT2D eigenvalue weighted by molar-refractivity contribution is 6.34. The molecule has 1 heterocycles. The van der Waals surface area contributed by atoms with Gasteiger partial charge in [-0.3, -0.25) is 4.79 Å². The summed E-state index contributed by atoms with van der Waals surface area (Å²) in [5.41, 5.74) is 8.34. The minimum absolute atomic E-state index is 0.256. The molecule has 9 heteroatoms. The van der Waals surface area contributed by atoms with Crippen molar-refractivity contribution >= 4 is 52.2 Å². The van der Waals surface area contributed by atoms with Gasteiger partial charge in [0, 0.05) is 32.1 Å². The van der Waals surface area contributed by atoms with Gasteiger partial charge in [-0.05, 0) is 86.5 Å². The number of hydrogen-bond donors (Lipinski definition) is 2. The molecule has 0 aliphatic carbocycles. The average molecular weight is 601 g/mol. The number of aromatic amines is 1. The first-order chi connectivity index (χ1) is 20.2. The topological polar surface area (TPSA) is 92.8 Å². The highest BCUT2D eigenvalue weighted by Crippen LogP contribution is 2.38. The molecule has 0 bridgehead atoms. The van der Waals surface area contributed by atoms with Gasteiger partial charge in [0.25, 0.3) is 5.91 Å². The van der Waals surface area contributed by atoms with Crippen LogP contribution in [-0.4, -0.2) is 29.7 Å². The van der Waals surface area contributed by atoms with Gasteiger partial charge in [0.05, 0.1) is 18.4 Å². The molecule has 0 unspecified atom stereocenters. The maximum absolute atomic E-state index is 13.4. The number of carbonyl (C=O) groups excluding carboxylic acids is 2. The Morgan fingerprint density at radius 1 is 0.952 bits per heavy atom. The van der Waals surface area contributed by atoms with E-state index in [-0.39, 0.29) is 5.75 Å². The van der Waals surface area contributed by atoms with Crippen LogP contribution in [0.15, 0.2) is 84.0 Å². The number of hydrazone groups is 1. The Labute approximate surface area is 253 Å². The SMILES string of the molecule is CCOc1cc(C=NNC(=O)c2[nH]c3c(C)cc(C)cc3c2-c2ccccc2Cl)ccc1OC(=O)c1ccc(Cl)cc1. The third kappa shape index (κ3) is 6.17. The number of nitrogens with one attached hydrogen (secondary N) is 2. The zero-order chi connectivity index (χ0) is 29.8. The van der Waals surface area contributed by atoms with Crippen LogP contribution in [0, 0.1) is 13.8 Å². The normalized spacial score (nSPS) is 11.2. The molecule has 0 atom stereocenters. The van der Waals surface area contributed by atoms with Gasteiger partial charge in [0.2, 0.25) is 0 Å². The number of halogens is 2. The smallest absolute Gasteiger partial charge is 0.343 e. The first-order valence-electron chi connectivity index (χ1n) is 13.2. The van der Waals surface area contributed by atoms with Crippen LogP contribution in [0.2, 0.25) is 10.0 Å². The number of amides is 1. The summed E-state index contributed by atoms with van der Waals surface area (Å²) in [4.78, 5) is 29.3. The summed E-state index contributed by atoms with van der Waals surface area (Å²) < 4.78 is 11.3. The monoisotopic (exact) mass is 599 g/mol. The van der Waals surface area contributed by atoms with Crippen molar-refractivity contribution in [2.45, 2.75) is 20.8 Å². The predicted molar refractivity (Wildman–Crippen MR) is 167 cm³/mol. The maximum Gasteiger partial charge on any atom is 0.343 e. The highest BCUT2D eigenvalue weighted by atomic mass is 35.5. The van der Waals surface area contributed by atoms with Crippen LogP contribution in [0.4, 0.5) is 0 Å². The number of ether oxygens (including phenoxy) is 2. The number of rotatable bonds is 8. The summed E-state index contributed by atoms with van der Waals surface area (Å²) in [5, 5.41) is 6.14. The largest absolute Gasteiger partial charge is 0.490 e. The van der Waals surface area contributed by atoms with E-state index in [1.54, 1.807) is 48.5 Å². The van der Waals surface area contributed by atoms with Crippen LogP contribution in [0.25, 0.3) is 22.0 Å². The van der Waals surface area contributed by atoms with Crippen LogP contribution < -0.4 is 14.9 Å². The molecule has 0 saturated carbocycles. The van der Waals surface area contributed by atoms with Gasteiger partial charge < -0.3 is 14.5 Å². The summed E-state index contributed by atoms with van der Waals surface area (Å²) in [6.07, 6.45) is 1.48. The molecule has 0 fully saturated rings. The number of H-pyrrole nitrogens is 1. The Morgan fingerprint density at radius 2 is 1.71 bits per heavy atom. The Kier molecular flexibility index (Phi) is 8.61. The first kappa shape index (κ1) is 28.9. The van der Waals surface area contributed by atoms with Crippen molar-refractivity contribution in [2.24, 2.45) is 5.10 Å². The van der Waals surface area contributed by atoms with E-state index in [4.69, 9.17) is 32.7 Å². The molecule has 0 radical (unpaired) electrons. The van der Waals surface area contributed by atoms with E-state index in [2.05, 4.69) is 21.6 Å². The second-order valence-electron chi connectivity index (χ2n) is 9.59. The van der Waals surface area contributed by atoms with Gasteiger partial charge in [-0.1, -0.05) is 53.0 Å². The van der Waals surface area contributed by atoms with Crippen LogP contribution in [0.5, 0.6) is 11.5 Å². The molecule has 212 valence electrons. The molecule has 1 aromatic heterocycles. The van der Waals surface area contributed by atoms with E-state index in [9.17, 15) is 9.59 Å². The van der Waals surface area contributed by atoms with Crippen LogP contribution in [0.3, 0.4) is 0 Å². The Hall–Kier alpha value is -4.59. The quantitative estimate of drug-likeness (QED) is 0.0814. The molecular weight excluding hydrogens is 573 g/mol. The molecule has 5 rings (SSSR count). The van der Waals surface area contributed by atoms with Gasteiger partial charge in [-0.25, -0.2) is 10.2 Å². The zero-order valence-electron chi connectivity index (χ0n) is 23.1. The molecule has 1 amide bonds. The zero-order valence-corrected chi connectivity index (χ0v) is 24.6. The van der Waals surface area contributed by atoms with Gasteiger partial charge >= 0.3 is 5.97 Å². The summed E-state index contributed by atoms with van der Waals surface area (Å²) in [6.45, 7) is 6.19. The third-order valence-corrected chi connectivity index (χ3v) is 7.13. The van der Waals surface area contributed by atoms with Crippen molar-refractivity contribution < 1.29 is 19.1 Å². The van der Waals surface area contributed by atoms with E-state index < -0.39 is 11.9 Å². The van der Waals surface area contributed by atoms with Crippen molar-refractivity contribution in [3.8, 4) is 22.6 Å². The van der Waals surface area contributed by atoms with Crippen molar-refractivity contribution in [1.82, 2.24) is 10.4 Å². The Morgan fingerprint density at radius 3 is 2.45 bits per heavy atom. The minimum atomic E-state index is -0.542. The average Bonchev–Trinajstić information content (AvgIpc) is 3.34. The van der Waals surface area contributed by atoms with E-state index in [1.165, 1.54) is 6.21 Å². The maximum atomic E-state index is 13.4. The highest BCUT2D eigenvalue weighted by Gasteiger charge is 2.22. The number of benzene rings is 4. The lowest BCUT2D eigenvalue weighted by Crippen LogP contribution is -2.19. The van der Waals surface area contributed by atoms with Gasteiger partial charge in [0.1, 0.15) is 5.69 Å². The number of aromatic nitrogens is 1. The van der Waals surface area contributed by atoms with Crippen LogP contribution in [0.1, 0.15) is 44.5 Å². The molecule has 0 aliphatic rings.